The third kappa shape index (κ3) is 2.90. The minimum absolute atomic E-state index is 0.101. The van der Waals surface area contributed by atoms with Gasteiger partial charge < -0.3 is 4.90 Å². The smallest absolute Gasteiger partial charge is 0.246 e. The van der Waals surface area contributed by atoms with Crippen LogP contribution in [0.2, 0.25) is 0 Å². The summed E-state index contributed by atoms with van der Waals surface area (Å²) in [5.41, 5.74) is 0.463. The molecule has 0 spiro atoms. The van der Waals surface area contributed by atoms with Crippen LogP contribution in [0.25, 0.3) is 0 Å². The van der Waals surface area contributed by atoms with E-state index in [1.165, 1.54) is 51.0 Å². The molecule has 118 valence electrons. The zero-order valence-electron chi connectivity index (χ0n) is 13.5. The van der Waals surface area contributed by atoms with Crippen molar-refractivity contribution in [2.45, 2.75) is 57.4 Å². The van der Waals surface area contributed by atoms with E-state index in [1.807, 2.05) is 4.90 Å². The zero-order chi connectivity index (χ0) is 14.9. The molecule has 3 nitrogen and oxygen atoms in total. The summed E-state index contributed by atoms with van der Waals surface area (Å²) in [6.07, 6.45) is 11.3. The minimum atomic E-state index is 0.101. The molecule has 0 aromatic rings. The van der Waals surface area contributed by atoms with Crippen LogP contribution in [0, 0.1) is 11.8 Å². The molecule has 1 amide bonds. The number of hydrogen-bond acceptors (Lipinski definition) is 2. The molecule has 0 radical (unpaired) electrons. The summed E-state index contributed by atoms with van der Waals surface area (Å²) in [5.74, 6) is 1.99. The second-order valence-corrected chi connectivity index (χ2v) is 7.42. The molecule has 0 N–H and O–H groups in total. The van der Waals surface area contributed by atoms with Crippen molar-refractivity contribution in [3.63, 3.8) is 0 Å². The summed E-state index contributed by atoms with van der Waals surface area (Å²) in [6.45, 7) is 9.85. The van der Waals surface area contributed by atoms with Crippen LogP contribution in [0.3, 0.4) is 0 Å². The highest BCUT2D eigenvalue weighted by Crippen LogP contribution is 2.49. The maximum absolute atomic E-state index is 11.8. The molecule has 21 heavy (non-hydrogen) atoms. The van der Waals surface area contributed by atoms with Gasteiger partial charge >= 0.3 is 0 Å². The number of piperazine rings is 1. The van der Waals surface area contributed by atoms with Crippen LogP contribution >= 0.6 is 0 Å². The van der Waals surface area contributed by atoms with Crippen LogP contribution in [0.1, 0.15) is 51.9 Å². The van der Waals surface area contributed by atoms with Crippen LogP contribution in [-0.2, 0) is 4.79 Å². The highest BCUT2D eigenvalue weighted by Gasteiger charge is 2.46. The van der Waals surface area contributed by atoms with E-state index in [9.17, 15) is 4.79 Å². The van der Waals surface area contributed by atoms with Crippen molar-refractivity contribution >= 4 is 5.91 Å². The number of hydrogen-bond donors (Lipinski definition) is 0. The SMILES string of the molecule is C=CC(=O)N1CCN(C23CCCC(CC(CC)C2)C3)CC1. The standard InChI is InChI=1S/C18H30N2O/c1-3-15-12-16-6-5-7-18(13-15,14-16)20-10-8-19(9-11-20)17(21)4-2/h4,15-16H,2-3,5-14H2,1H3. The van der Waals surface area contributed by atoms with Gasteiger partial charge in [-0.25, -0.2) is 0 Å². The normalized spacial score (nSPS) is 37.3. The number of nitrogens with zero attached hydrogens (tertiary/aromatic N) is 2. The van der Waals surface area contributed by atoms with E-state index in [-0.39, 0.29) is 5.91 Å². The van der Waals surface area contributed by atoms with Gasteiger partial charge in [-0.3, -0.25) is 9.69 Å². The molecule has 2 aliphatic carbocycles. The Hall–Kier alpha value is -0.830. The van der Waals surface area contributed by atoms with Crippen molar-refractivity contribution in [2.75, 3.05) is 26.2 Å². The first-order chi connectivity index (χ1) is 10.2. The predicted octanol–water partition coefficient (Wildman–Crippen LogP) is 3.07. The molecule has 3 aliphatic rings. The Morgan fingerprint density at radius 3 is 2.71 bits per heavy atom. The van der Waals surface area contributed by atoms with Crippen LogP contribution in [-0.4, -0.2) is 47.4 Å². The highest BCUT2D eigenvalue weighted by molar-refractivity contribution is 5.87. The molecular formula is C18H30N2O. The second-order valence-electron chi connectivity index (χ2n) is 7.42. The molecule has 2 bridgehead atoms. The van der Waals surface area contributed by atoms with E-state index < -0.39 is 0 Å². The van der Waals surface area contributed by atoms with Gasteiger partial charge in [-0.05, 0) is 43.6 Å². The Kier molecular flexibility index (Phi) is 4.39. The molecule has 1 heterocycles. The largest absolute Gasteiger partial charge is 0.337 e. The molecule has 1 aliphatic heterocycles. The topological polar surface area (TPSA) is 23.6 Å². The Bertz CT molecular complexity index is 400. The first kappa shape index (κ1) is 15.1. The maximum atomic E-state index is 11.8. The van der Waals surface area contributed by atoms with Crippen LogP contribution in [0.4, 0.5) is 0 Å². The Morgan fingerprint density at radius 2 is 2.05 bits per heavy atom. The molecule has 3 heteroatoms. The van der Waals surface area contributed by atoms with Crippen molar-refractivity contribution < 1.29 is 4.79 Å². The third-order valence-corrected chi connectivity index (χ3v) is 6.27. The summed E-state index contributed by atoms with van der Waals surface area (Å²) in [5, 5.41) is 0. The van der Waals surface area contributed by atoms with Crippen molar-refractivity contribution in [1.82, 2.24) is 9.80 Å². The molecule has 3 fully saturated rings. The molecule has 1 saturated heterocycles. The number of amides is 1. The van der Waals surface area contributed by atoms with Crippen molar-refractivity contribution in [3.8, 4) is 0 Å². The average Bonchev–Trinajstić information content (AvgIpc) is 2.53. The fraction of sp³-hybridized carbons (Fsp3) is 0.833. The zero-order valence-corrected chi connectivity index (χ0v) is 13.5. The van der Waals surface area contributed by atoms with Gasteiger partial charge in [-0.1, -0.05) is 32.8 Å². The van der Waals surface area contributed by atoms with Crippen molar-refractivity contribution in [2.24, 2.45) is 11.8 Å². The number of carbonyl (C=O) groups is 1. The second kappa shape index (κ2) is 6.12. The Morgan fingerprint density at radius 1 is 1.29 bits per heavy atom. The Labute approximate surface area is 129 Å². The van der Waals surface area contributed by atoms with Crippen LogP contribution < -0.4 is 0 Å². The van der Waals surface area contributed by atoms with Gasteiger partial charge in [0.2, 0.25) is 5.91 Å². The molecule has 3 rings (SSSR count). The molecule has 0 aromatic carbocycles. The van der Waals surface area contributed by atoms with Gasteiger partial charge in [0.1, 0.15) is 0 Å². The minimum Gasteiger partial charge on any atom is -0.337 e. The number of rotatable bonds is 3. The first-order valence-corrected chi connectivity index (χ1v) is 8.83. The van der Waals surface area contributed by atoms with E-state index in [0.29, 0.717) is 5.54 Å². The lowest BCUT2D eigenvalue weighted by Crippen LogP contribution is -2.61. The summed E-state index contributed by atoms with van der Waals surface area (Å²) >= 11 is 0. The maximum Gasteiger partial charge on any atom is 0.246 e. The van der Waals surface area contributed by atoms with Gasteiger partial charge in [0.15, 0.2) is 0 Å². The average molecular weight is 290 g/mol. The quantitative estimate of drug-likeness (QED) is 0.746. The fourth-order valence-corrected chi connectivity index (χ4v) is 5.20. The van der Waals surface area contributed by atoms with Gasteiger partial charge in [0.25, 0.3) is 0 Å². The lowest BCUT2D eigenvalue weighted by atomic mass is 9.62. The first-order valence-electron chi connectivity index (χ1n) is 8.83. The van der Waals surface area contributed by atoms with Gasteiger partial charge in [0.05, 0.1) is 0 Å². The summed E-state index contributed by atoms with van der Waals surface area (Å²) in [4.78, 5) is 16.5. The van der Waals surface area contributed by atoms with Gasteiger partial charge in [-0.2, -0.15) is 0 Å². The van der Waals surface area contributed by atoms with E-state index in [0.717, 1.165) is 38.0 Å². The van der Waals surface area contributed by atoms with Crippen LogP contribution in [0.5, 0.6) is 0 Å². The van der Waals surface area contributed by atoms with E-state index in [2.05, 4.69) is 18.4 Å². The molecule has 2 saturated carbocycles. The van der Waals surface area contributed by atoms with E-state index >= 15 is 0 Å². The van der Waals surface area contributed by atoms with Crippen molar-refractivity contribution in [1.29, 1.82) is 0 Å². The predicted molar refractivity (Wildman–Crippen MR) is 86.1 cm³/mol. The lowest BCUT2D eigenvalue weighted by Gasteiger charge is -2.56. The Balaban J connectivity index is 1.68. The molecule has 0 aromatic heterocycles. The van der Waals surface area contributed by atoms with Crippen LogP contribution in [0.15, 0.2) is 12.7 Å². The molecule has 3 atom stereocenters. The molecular weight excluding hydrogens is 260 g/mol. The number of carbonyl (C=O) groups excluding carboxylic acids is 1. The van der Waals surface area contributed by atoms with Gasteiger partial charge in [-0.15, -0.1) is 0 Å². The summed E-state index contributed by atoms with van der Waals surface area (Å²) in [7, 11) is 0. The summed E-state index contributed by atoms with van der Waals surface area (Å²) < 4.78 is 0. The third-order valence-electron chi connectivity index (χ3n) is 6.27. The van der Waals surface area contributed by atoms with E-state index in [1.54, 1.807) is 0 Å². The monoisotopic (exact) mass is 290 g/mol. The molecule has 3 unspecified atom stereocenters. The lowest BCUT2D eigenvalue weighted by molar-refractivity contribution is -0.130. The fourth-order valence-electron chi connectivity index (χ4n) is 5.20. The van der Waals surface area contributed by atoms with E-state index in [4.69, 9.17) is 0 Å². The van der Waals surface area contributed by atoms with Crippen molar-refractivity contribution in [3.05, 3.63) is 12.7 Å². The van der Waals surface area contributed by atoms with Gasteiger partial charge in [0, 0.05) is 31.7 Å². The number of fused-ring (bicyclic) bond motifs is 2. The highest BCUT2D eigenvalue weighted by atomic mass is 16.2. The summed E-state index contributed by atoms with van der Waals surface area (Å²) in [6, 6.07) is 0.